The van der Waals surface area contributed by atoms with Gasteiger partial charge in [0.05, 0.1) is 12.3 Å². The van der Waals surface area contributed by atoms with Crippen LogP contribution in [0.3, 0.4) is 0 Å². The van der Waals surface area contributed by atoms with E-state index in [1.54, 1.807) is 0 Å². The average Bonchev–Trinajstić information content (AvgIpc) is 2.31. The third-order valence-corrected chi connectivity index (χ3v) is 1.93. The molecule has 0 amide bonds. The predicted molar refractivity (Wildman–Crippen MR) is 39.3 cm³/mol. The number of carbonyl (C=O) groups is 3. The molecule has 0 N–H and O–H groups in total. The van der Waals surface area contributed by atoms with Gasteiger partial charge in [0.15, 0.2) is 11.9 Å². The Morgan fingerprint density at radius 2 is 1.92 bits per heavy atom. The maximum absolute atomic E-state index is 10.9. The standard InChI is InChI=1S/C8H10O4/c1-4(9)6-3-7(11)12-8(6)5(2)10/h6,8H,3H2,1-2H3. The summed E-state index contributed by atoms with van der Waals surface area (Å²) in [5.41, 5.74) is 0. The Hall–Kier alpha value is -1.19. The van der Waals surface area contributed by atoms with Gasteiger partial charge in [-0.3, -0.25) is 14.4 Å². The highest BCUT2D eigenvalue weighted by molar-refractivity contribution is 5.95. The summed E-state index contributed by atoms with van der Waals surface area (Å²) in [5, 5.41) is 0. The van der Waals surface area contributed by atoms with Crippen LogP contribution in [0.25, 0.3) is 0 Å². The van der Waals surface area contributed by atoms with Crippen molar-refractivity contribution in [3.8, 4) is 0 Å². The maximum atomic E-state index is 10.9. The first kappa shape index (κ1) is 8.90. The largest absolute Gasteiger partial charge is 0.454 e. The molecule has 1 fully saturated rings. The predicted octanol–water partition coefficient (Wildman–Crippen LogP) is 0.0961. The van der Waals surface area contributed by atoms with E-state index in [-0.39, 0.29) is 18.0 Å². The van der Waals surface area contributed by atoms with Crippen molar-refractivity contribution in [2.45, 2.75) is 26.4 Å². The van der Waals surface area contributed by atoms with Crippen molar-refractivity contribution in [3.63, 3.8) is 0 Å². The number of carbonyl (C=O) groups excluding carboxylic acids is 3. The first-order chi connectivity index (χ1) is 5.52. The maximum Gasteiger partial charge on any atom is 0.307 e. The molecule has 0 aliphatic carbocycles. The van der Waals surface area contributed by atoms with E-state index in [0.29, 0.717) is 0 Å². The smallest absolute Gasteiger partial charge is 0.307 e. The van der Waals surface area contributed by atoms with Gasteiger partial charge in [-0.15, -0.1) is 0 Å². The summed E-state index contributed by atoms with van der Waals surface area (Å²) >= 11 is 0. The highest BCUT2D eigenvalue weighted by Crippen LogP contribution is 2.23. The number of rotatable bonds is 2. The van der Waals surface area contributed by atoms with Gasteiger partial charge in [0.2, 0.25) is 0 Å². The highest BCUT2D eigenvalue weighted by Gasteiger charge is 2.40. The topological polar surface area (TPSA) is 60.4 Å². The molecule has 1 aliphatic heterocycles. The van der Waals surface area contributed by atoms with E-state index >= 15 is 0 Å². The van der Waals surface area contributed by atoms with Crippen LogP contribution in [0, 0.1) is 5.92 Å². The number of esters is 1. The molecule has 12 heavy (non-hydrogen) atoms. The first-order valence-corrected chi connectivity index (χ1v) is 3.72. The second-order valence-electron chi connectivity index (χ2n) is 2.94. The number of ether oxygens (including phenoxy) is 1. The summed E-state index contributed by atoms with van der Waals surface area (Å²) in [6.07, 6.45) is -0.797. The van der Waals surface area contributed by atoms with Crippen LogP contribution in [0.15, 0.2) is 0 Å². The van der Waals surface area contributed by atoms with Crippen LogP contribution in [0.2, 0.25) is 0 Å². The fourth-order valence-electron chi connectivity index (χ4n) is 1.28. The molecule has 0 radical (unpaired) electrons. The molecule has 0 aromatic heterocycles. The lowest BCUT2D eigenvalue weighted by atomic mass is 9.95. The third kappa shape index (κ3) is 1.52. The molecule has 2 atom stereocenters. The number of cyclic esters (lactones) is 1. The number of ketones is 2. The van der Waals surface area contributed by atoms with Crippen molar-refractivity contribution < 1.29 is 19.1 Å². The van der Waals surface area contributed by atoms with Gasteiger partial charge in [0.25, 0.3) is 0 Å². The monoisotopic (exact) mass is 170 g/mol. The Labute approximate surface area is 69.9 Å². The van der Waals surface area contributed by atoms with E-state index in [0.717, 1.165) is 0 Å². The summed E-state index contributed by atoms with van der Waals surface area (Å²) < 4.78 is 4.69. The summed E-state index contributed by atoms with van der Waals surface area (Å²) in [7, 11) is 0. The normalized spacial score (nSPS) is 28.3. The zero-order valence-corrected chi connectivity index (χ0v) is 6.99. The minimum atomic E-state index is -0.838. The van der Waals surface area contributed by atoms with Crippen molar-refractivity contribution in [2.24, 2.45) is 5.92 Å². The molecule has 4 heteroatoms. The Bertz CT molecular complexity index is 219. The van der Waals surface area contributed by atoms with Crippen LogP contribution < -0.4 is 0 Å². The molecular formula is C8H10O4. The van der Waals surface area contributed by atoms with Gasteiger partial charge >= 0.3 is 5.97 Å². The van der Waals surface area contributed by atoms with Gasteiger partial charge < -0.3 is 4.74 Å². The lowest BCUT2D eigenvalue weighted by molar-refractivity contribution is -0.147. The van der Waals surface area contributed by atoms with Crippen LogP contribution in [-0.4, -0.2) is 23.6 Å². The molecule has 0 saturated carbocycles. The SMILES string of the molecule is CC(=O)C1CC(=O)OC1C(C)=O. The number of Topliss-reactive ketones (excluding diaryl/α,β-unsaturated/α-hetero) is 2. The average molecular weight is 170 g/mol. The quantitative estimate of drug-likeness (QED) is 0.551. The molecule has 1 aliphatic rings. The second-order valence-corrected chi connectivity index (χ2v) is 2.94. The summed E-state index contributed by atoms with van der Waals surface area (Å²) in [6.45, 7) is 2.68. The molecule has 0 spiro atoms. The summed E-state index contributed by atoms with van der Waals surface area (Å²) in [5.74, 6) is -1.45. The third-order valence-electron chi connectivity index (χ3n) is 1.93. The lowest BCUT2D eigenvalue weighted by Crippen LogP contribution is -2.28. The van der Waals surface area contributed by atoms with Gasteiger partial charge in [-0.25, -0.2) is 0 Å². The Balaban J connectivity index is 2.79. The first-order valence-electron chi connectivity index (χ1n) is 3.72. The second kappa shape index (κ2) is 3.05. The van der Waals surface area contributed by atoms with E-state index in [1.165, 1.54) is 13.8 Å². The molecule has 1 rings (SSSR count). The highest BCUT2D eigenvalue weighted by atomic mass is 16.6. The van der Waals surface area contributed by atoms with Gasteiger partial charge in [-0.05, 0) is 13.8 Å². The van der Waals surface area contributed by atoms with Crippen LogP contribution in [0.1, 0.15) is 20.3 Å². The fraction of sp³-hybridized carbons (Fsp3) is 0.625. The molecule has 0 aromatic carbocycles. The number of hydrogen-bond donors (Lipinski definition) is 0. The Morgan fingerprint density at radius 3 is 2.25 bits per heavy atom. The van der Waals surface area contributed by atoms with E-state index in [4.69, 9.17) is 0 Å². The molecular weight excluding hydrogens is 160 g/mol. The zero-order chi connectivity index (χ0) is 9.30. The van der Waals surface area contributed by atoms with E-state index < -0.39 is 18.0 Å². The zero-order valence-electron chi connectivity index (χ0n) is 6.99. The van der Waals surface area contributed by atoms with Gasteiger partial charge in [-0.1, -0.05) is 0 Å². The van der Waals surface area contributed by atoms with Crippen molar-refractivity contribution in [2.75, 3.05) is 0 Å². The summed E-state index contributed by atoms with van der Waals surface area (Å²) in [4.78, 5) is 32.5. The van der Waals surface area contributed by atoms with Gasteiger partial charge in [-0.2, -0.15) is 0 Å². The van der Waals surface area contributed by atoms with E-state index in [9.17, 15) is 14.4 Å². The van der Waals surface area contributed by atoms with Crippen molar-refractivity contribution in [1.82, 2.24) is 0 Å². The molecule has 0 aromatic rings. The van der Waals surface area contributed by atoms with Gasteiger partial charge in [0, 0.05) is 0 Å². The van der Waals surface area contributed by atoms with Crippen LogP contribution in [0.4, 0.5) is 0 Å². The summed E-state index contributed by atoms with van der Waals surface area (Å²) in [6, 6.07) is 0. The van der Waals surface area contributed by atoms with Crippen LogP contribution >= 0.6 is 0 Å². The molecule has 1 heterocycles. The fourth-order valence-corrected chi connectivity index (χ4v) is 1.28. The van der Waals surface area contributed by atoms with Crippen LogP contribution in [0.5, 0.6) is 0 Å². The molecule has 0 bridgehead atoms. The van der Waals surface area contributed by atoms with Gasteiger partial charge in [0.1, 0.15) is 5.78 Å². The molecule has 4 nitrogen and oxygen atoms in total. The molecule has 1 saturated heterocycles. The van der Waals surface area contributed by atoms with Crippen molar-refractivity contribution in [1.29, 1.82) is 0 Å². The Morgan fingerprint density at radius 1 is 1.33 bits per heavy atom. The van der Waals surface area contributed by atoms with E-state index in [1.807, 2.05) is 0 Å². The van der Waals surface area contributed by atoms with Crippen molar-refractivity contribution in [3.05, 3.63) is 0 Å². The number of hydrogen-bond acceptors (Lipinski definition) is 4. The molecule has 66 valence electrons. The Kier molecular flexibility index (Phi) is 2.26. The van der Waals surface area contributed by atoms with E-state index in [2.05, 4.69) is 4.74 Å². The van der Waals surface area contributed by atoms with Crippen LogP contribution in [-0.2, 0) is 19.1 Å². The lowest BCUT2D eigenvalue weighted by Gasteiger charge is -2.10. The van der Waals surface area contributed by atoms with Crippen molar-refractivity contribution >= 4 is 17.5 Å². The minimum absolute atomic E-state index is 0.0412. The minimum Gasteiger partial charge on any atom is -0.454 e. The molecule has 2 unspecified atom stereocenters.